The van der Waals surface area contributed by atoms with E-state index in [0.717, 1.165) is 35.7 Å². The Bertz CT molecular complexity index is 1180. The first kappa shape index (κ1) is 26.5. The Labute approximate surface area is 217 Å². The van der Waals surface area contributed by atoms with Crippen molar-refractivity contribution in [1.29, 1.82) is 0 Å². The molecule has 3 aliphatic heterocycles. The van der Waals surface area contributed by atoms with Gasteiger partial charge in [-0.05, 0) is 68.8 Å². The highest BCUT2D eigenvalue weighted by Gasteiger charge is 2.44. The Kier molecular flexibility index (Phi) is 7.10. The van der Waals surface area contributed by atoms with Crippen LogP contribution in [-0.4, -0.2) is 81.1 Å². The number of aromatic nitrogens is 2. The van der Waals surface area contributed by atoms with Crippen LogP contribution in [0.4, 0.5) is 28.0 Å². The maximum atomic E-state index is 13.8. The number of nitrogens with zero attached hydrogens (tertiary/aromatic N) is 5. The van der Waals surface area contributed by atoms with Crippen LogP contribution in [0.2, 0.25) is 0 Å². The highest BCUT2D eigenvalue weighted by molar-refractivity contribution is 5.86. The van der Waals surface area contributed by atoms with E-state index in [1.54, 1.807) is 11.0 Å². The van der Waals surface area contributed by atoms with E-state index in [1.165, 1.54) is 18.3 Å². The molecule has 0 saturated carbocycles. The number of piperidine rings is 2. The van der Waals surface area contributed by atoms with E-state index in [0.29, 0.717) is 64.1 Å². The van der Waals surface area contributed by atoms with Crippen molar-refractivity contribution in [2.24, 2.45) is 0 Å². The summed E-state index contributed by atoms with van der Waals surface area (Å²) in [6, 6.07) is 4.79. The summed E-state index contributed by atoms with van der Waals surface area (Å²) in [7, 11) is 0. The Morgan fingerprint density at radius 3 is 2.37 bits per heavy atom. The zero-order chi connectivity index (χ0) is 27.1. The number of carboxylic acid groups (broad SMARTS) is 1. The van der Waals surface area contributed by atoms with E-state index < -0.39 is 23.9 Å². The minimum Gasteiger partial charge on any atom is -0.476 e. The molecule has 206 valence electrons. The summed E-state index contributed by atoms with van der Waals surface area (Å²) in [5.41, 5.74) is 0.254. The number of hydrogen-bond acceptors (Lipinski definition) is 5. The average Bonchev–Trinajstić information content (AvgIpc) is 3.53. The van der Waals surface area contributed by atoms with Gasteiger partial charge in [-0.2, -0.15) is 23.0 Å². The van der Waals surface area contributed by atoms with E-state index in [-0.39, 0.29) is 17.3 Å². The second kappa shape index (κ2) is 10.2. The summed E-state index contributed by atoms with van der Waals surface area (Å²) in [4.78, 5) is 29.8. The Balaban J connectivity index is 1.31. The van der Waals surface area contributed by atoms with Gasteiger partial charge in [-0.25, -0.2) is 14.0 Å². The fraction of sp³-hybridized carbons (Fsp3) is 0.577. The predicted octanol–water partition coefficient (Wildman–Crippen LogP) is 4.64. The SMILES string of the molecule is O=C(O)c1ccn(C(=O)N2CCC3(CCCN3Cc3ccc(C(F)(F)F)cc3N3CCC(F)CC3)CC2)n1. The fourth-order valence-electron chi connectivity index (χ4n) is 6.07. The third kappa shape index (κ3) is 5.23. The third-order valence-corrected chi connectivity index (χ3v) is 8.25. The molecule has 5 rings (SSSR count). The van der Waals surface area contributed by atoms with Crippen LogP contribution in [0.5, 0.6) is 0 Å². The number of likely N-dealkylation sites (tertiary alicyclic amines) is 2. The molecule has 1 N–H and O–H groups in total. The van der Waals surface area contributed by atoms with Gasteiger partial charge < -0.3 is 14.9 Å². The van der Waals surface area contributed by atoms with Crippen LogP contribution >= 0.6 is 0 Å². The van der Waals surface area contributed by atoms with Gasteiger partial charge in [0.1, 0.15) is 6.17 Å². The highest BCUT2D eigenvalue weighted by atomic mass is 19.4. The van der Waals surface area contributed by atoms with Crippen molar-refractivity contribution in [1.82, 2.24) is 19.6 Å². The van der Waals surface area contributed by atoms with Crippen LogP contribution < -0.4 is 4.90 Å². The number of carbonyl (C=O) groups is 2. The van der Waals surface area contributed by atoms with Gasteiger partial charge in [-0.1, -0.05) is 6.07 Å². The number of hydrogen-bond donors (Lipinski definition) is 1. The van der Waals surface area contributed by atoms with Crippen LogP contribution in [-0.2, 0) is 12.7 Å². The molecule has 0 aliphatic carbocycles. The second-order valence-electron chi connectivity index (χ2n) is 10.5. The molecule has 2 aromatic rings. The van der Waals surface area contributed by atoms with Crippen LogP contribution in [0.3, 0.4) is 0 Å². The van der Waals surface area contributed by atoms with Gasteiger partial charge in [0.15, 0.2) is 5.69 Å². The third-order valence-electron chi connectivity index (χ3n) is 8.25. The first-order chi connectivity index (χ1) is 18.1. The topological polar surface area (TPSA) is 81.9 Å². The van der Waals surface area contributed by atoms with Crippen LogP contribution in [0.1, 0.15) is 60.1 Å². The molecular formula is C26H31F4N5O3. The Hall–Kier alpha value is -3.15. The van der Waals surface area contributed by atoms with Crippen LogP contribution in [0, 0.1) is 0 Å². The van der Waals surface area contributed by atoms with Crippen molar-refractivity contribution < 1.29 is 32.3 Å². The number of amides is 1. The molecule has 0 bridgehead atoms. The molecule has 3 saturated heterocycles. The van der Waals surface area contributed by atoms with Gasteiger partial charge >= 0.3 is 18.2 Å². The smallest absolute Gasteiger partial charge is 0.416 e. The summed E-state index contributed by atoms with van der Waals surface area (Å²) >= 11 is 0. The lowest BCUT2D eigenvalue weighted by molar-refractivity contribution is -0.137. The molecular weight excluding hydrogens is 506 g/mol. The lowest BCUT2D eigenvalue weighted by Gasteiger charge is -2.45. The molecule has 1 aromatic heterocycles. The molecule has 4 heterocycles. The van der Waals surface area contributed by atoms with Crippen molar-refractivity contribution in [3.8, 4) is 0 Å². The monoisotopic (exact) mass is 537 g/mol. The van der Waals surface area contributed by atoms with Gasteiger partial charge in [0.05, 0.1) is 5.56 Å². The summed E-state index contributed by atoms with van der Waals surface area (Å²) in [5.74, 6) is -1.20. The van der Waals surface area contributed by atoms with Crippen LogP contribution in [0.25, 0.3) is 0 Å². The van der Waals surface area contributed by atoms with Gasteiger partial charge in [-0.3, -0.25) is 4.90 Å². The molecule has 0 radical (unpaired) electrons. The number of alkyl halides is 4. The largest absolute Gasteiger partial charge is 0.476 e. The van der Waals surface area contributed by atoms with E-state index in [9.17, 15) is 27.2 Å². The molecule has 8 nitrogen and oxygen atoms in total. The van der Waals surface area contributed by atoms with Gasteiger partial charge in [-0.15, -0.1) is 0 Å². The quantitative estimate of drug-likeness (QED) is 0.573. The number of aromatic carboxylic acids is 1. The number of rotatable bonds is 4. The highest BCUT2D eigenvalue weighted by Crippen LogP contribution is 2.41. The molecule has 0 atom stereocenters. The van der Waals surface area contributed by atoms with E-state index in [2.05, 4.69) is 10.00 Å². The maximum absolute atomic E-state index is 13.8. The minimum atomic E-state index is -4.46. The number of halogens is 4. The lowest BCUT2D eigenvalue weighted by atomic mass is 9.84. The molecule has 1 aromatic carbocycles. The standard InChI is InChI=1S/C26H31F4N5O3/c27-20-4-11-32(12-5-20)22-16-19(26(28,29)30)3-2-18(22)17-34-10-1-7-25(34)8-14-33(15-9-25)24(38)35-13-6-21(31-35)23(36)37/h2-3,6,13,16,20H,1,4-5,7-12,14-15,17H2,(H,36,37). The predicted molar refractivity (Wildman–Crippen MR) is 131 cm³/mol. The lowest BCUT2D eigenvalue weighted by Crippen LogP contribution is -2.53. The van der Waals surface area contributed by atoms with Gasteiger partial charge in [0.25, 0.3) is 0 Å². The van der Waals surface area contributed by atoms with Crippen molar-refractivity contribution in [2.75, 3.05) is 37.6 Å². The number of carboxylic acids is 1. The van der Waals surface area contributed by atoms with E-state index in [4.69, 9.17) is 5.11 Å². The first-order valence-electron chi connectivity index (χ1n) is 13.0. The molecule has 1 spiro atoms. The molecule has 38 heavy (non-hydrogen) atoms. The molecule has 3 aliphatic rings. The van der Waals surface area contributed by atoms with Crippen molar-refractivity contribution in [2.45, 2.75) is 63.0 Å². The van der Waals surface area contributed by atoms with E-state index >= 15 is 0 Å². The Morgan fingerprint density at radius 2 is 1.74 bits per heavy atom. The number of anilines is 1. The van der Waals surface area contributed by atoms with Gasteiger partial charge in [0, 0.05) is 50.1 Å². The summed E-state index contributed by atoms with van der Waals surface area (Å²) < 4.78 is 55.4. The maximum Gasteiger partial charge on any atom is 0.416 e. The zero-order valence-corrected chi connectivity index (χ0v) is 21.0. The summed E-state index contributed by atoms with van der Waals surface area (Å²) in [6.07, 6.45) is -0.136. The van der Waals surface area contributed by atoms with Crippen LogP contribution in [0.15, 0.2) is 30.5 Å². The summed E-state index contributed by atoms with van der Waals surface area (Å²) in [5, 5.41) is 12.9. The molecule has 1 amide bonds. The van der Waals surface area contributed by atoms with Gasteiger partial charge in [0.2, 0.25) is 0 Å². The van der Waals surface area contributed by atoms with Crippen molar-refractivity contribution >= 4 is 17.7 Å². The zero-order valence-electron chi connectivity index (χ0n) is 21.0. The minimum absolute atomic E-state index is 0.168. The summed E-state index contributed by atoms with van der Waals surface area (Å²) in [6.45, 7) is 3.01. The van der Waals surface area contributed by atoms with Crippen molar-refractivity contribution in [3.63, 3.8) is 0 Å². The first-order valence-corrected chi connectivity index (χ1v) is 13.0. The Morgan fingerprint density at radius 1 is 1.03 bits per heavy atom. The average molecular weight is 538 g/mol. The molecule has 3 fully saturated rings. The molecule has 0 unspecified atom stereocenters. The second-order valence-corrected chi connectivity index (χ2v) is 10.5. The van der Waals surface area contributed by atoms with Crippen molar-refractivity contribution in [3.05, 3.63) is 47.3 Å². The number of benzene rings is 1. The van der Waals surface area contributed by atoms with E-state index in [1.807, 2.05) is 4.90 Å². The number of carbonyl (C=O) groups excluding carboxylic acids is 1. The molecule has 12 heteroatoms. The fourth-order valence-corrected chi connectivity index (χ4v) is 6.07. The normalized spacial score (nSPS) is 20.8.